The topological polar surface area (TPSA) is 79.1 Å². The van der Waals surface area contributed by atoms with Crippen LogP contribution in [0.3, 0.4) is 0 Å². The van der Waals surface area contributed by atoms with Crippen LogP contribution in [-0.2, 0) is 9.53 Å². The number of nitrogens with zero attached hydrogens (tertiary/aromatic N) is 2. The summed E-state index contributed by atoms with van der Waals surface area (Å²) in [5.74, 6) is 0.418. The van der Waals surface area contributed by atoms with Crippen LogP contribution >= 0.6 is 34.5 Å². The molecule has 0 unspecified atom stereocenters. The SMILES string of the molecule is CCOC(=O)C1=C(c2ccccc2)N=c2s/c(=C\c3cccc(Cl)c3Cl)c(=O)n2[C@@H]1c1ccc(OC)cc1OC. The number of methoxy groups -OCH3 is 2. The molecule has 1 aliphatic heterocycles. The van der Waals surface area contributed by atoms with Crippen LogP contribution in [0.2, 0.25) is 10.0 Å². The summed E-state index contributed by atoms with van der Waals surface area (Å²) in [6.45, 7) is 1.88. The molecule has 0 spiro atoms. The number of hydrogen-bond acceptors (Lipinski definition) is 7. The fourth-order valence-corrected chi connectivity index (χ4v) is 5.91. The van der Waals surface area contributed by atoms with E-state index in [1.807, 2.05) is 30.3 Å². The van der Waals surface area contributed by atoms with Crippen molar-refractivity contribution in [2.24, 2.45) is 4.99 Å². The molecular weight excluding hydrogens is 571 g/mol. The molecule has 0 bridgehead atoms. The summed E-state index contributed by atoms with van der Waals surface area (Å²) in [6, 6.07) is 18.9. The van der Waals surface area contributed by atoms with E-state index in [4.69, 9.17) is 42.4 Å². The van der Waals surface area contributed by atoms with Crippen molar-refractivity contribution in [2.45, 2.75) is 13.0 Å². The highest BCUT2D eigenvalue weighted by Gasteiger charge is 2.36. The Balaban J connectivity index is 1.88. The van der Waals surface area contributed by atoms with E-state index in [2.05, 4.69) is 0 Å². The minimum atomic E-state index is -0.900. The van der Waals surface area contributed by atoms with Crippen LogP contribution in [0.5, 0.6) is 11.5 Å². The lowest BCUT2D eigenvalue weighted by Crippen LogP contribution is -2.40. The smallest absolute Gasteiger partial charge is 0.338 e. The Kier molecular flexibility index (Phi) is 8.12. The van der Waals surface area contributed by atoms with Crippen molar-refractivity contribution in [2.75, 3.05) is 20.8 Å². The Bertz CT molecular complexity index is 1810. The van der Waals surface area contributed by atoms with E-state index >= 15 is 0 Å². The molecule has 1 aliphatic rings. The predicted molar refractivity (Wildman–Crippen MR) is 157 cm³/mol. The molecule has 0 amide bonds. The fourth-order valence-electron chi connectivity index (χ4n) is 4.55. The number of fused-ring (bicyclic) bond motifs is 1. The number of benzene rings is 3. The summed E-state index contributed by atoms with van der Waals surface area (Å²) in [4.78, 5) is 32.9. The normalized spacial score (nSPS) is 14.9. The van der Waals surface area contributed by atoms with Gasteiger partial charge in [0.15, 0.2) is 4.80 Å². The van der Waals surface area contributed by atoms with E-state index in [9.17, 15) is 9.59 Å². The van der Waals surface area contributed by atoms with E-state index in [1.54, 1.807) is 56.5 Å². The Morgan fingerprint density at radius 1 is 1.05 bits per heavy atom. The van der Waals surface area contributed by atoms with Gasteiger partial charge in [0.25, 0.3) is 5.56 Å². The number of esters is 1. The molecule has 4 aromatic rings. The molecule has 0 N–H and O–H groups in total. The highest BCUT2D eigenvalue weighted by Crippen LogP contribution is 2.40. The molecule has 0 saturated carbocycles. The first kappa shape index (κ1) is 27.7. The molecule has 10 heteroatoms. The molecule has 204 valence electrons. The Labute approximate surface area is 244 Å². The highest BCUT2D eigenvalue weighted by molar-refractivity contribution is 7.07. The molecule has 0 aliphatic carbocycles. The Morgan fingerprint density at radius 3 is 2.52 bits per heavy atom. The third-order valence-electron chi connectivity index (χ3n) is 6.38. The van der Waals surface area contributed by atoms with E-state index in [-0.39, 0.29) is 17.7 Å². The first-order chi connectivity index (χ1) is 19.4. The zero-order valence-electron chi connectivity index (χ0n) is 21.8. The molecule has 0 radical (unpaired) electrons. The van der Waals surface area contributed by atoms with Crippen LogP contribution in [0.15, 0.2) is 82.1 Å². The summed E-state index contributed by atoms with van der Waals surface area (Å²) in [7, 11) is 3.07. The van der Waals surface area contributed by atoms with Crippen LogP contribution in [0.4, 0.5) is 0 Å². The van der Waals surface area contributed by atoms with Crippen LogP contribution in [0.1, 0.15) is 29.7 Å². The number of aromatic nitrogens is 1. The molecule has 3 aromatic carbocycles. The van der Waals surface area contributed by atoms with Gasteiger partial charge in [-0.15, -0.1) is 0 Å². The second-order valence-corrected chi connectivity index (χ2v) is 10.5. The van der Waals surface area contributed by atoms with Gasteiger partial charge in [-0.2, -0.15) is 0 Å². The minimum Gasteiger partial charge on any atom is -0.497 e. The van der Waals surface area contributed by atoms with Gasteiger partial charge < -0.3 is 14.2 Å². The molecule has 40 heavy (non-hydrogen) atoms. The lowest BCUT2D eigenvalue weighted by atomic mass is 9.92. The molecule has 2 heterocycles. The zero-order chi connectivity index (χ0) is 28.4. The van der Waals surface area contributed by atoms with Gasteiger partial charge >= 0.3 is 5.97 Å². The van der Waals surface area contributed by atoms with Crippen LogP contribution in [0, 0.1) is 0 Å². The zero-order valence-corrected chi connectivity index (χ0v) is 24.1. The van der Waals surface area contributed by atoms with Crippen molar-refractivity contribution in [3.8, 4) is 11.5 Å². The van der Waals surface area contributed by atoms with Crippen LogP contribution < -0.4 is 24.4 Å². The van der Waals surface area contributed by atoms with E-state index in [0.717, 1.165) is 0 Å². The fraction of sp³-hybridized carbons (Fsp3) is 0.167. The predicted octanol–water partition coefficient (Wildman–Crippen LogP) is 5.26. The number of halogens is 2. The van der Waals surface area contributed by atoms with E-state index in [1.165, 1.54) is 23.0 Å². The van der Waals surface area contributed by atoms with E-state index in [0.29, 0.717) is 53.3 Å². The third kappa shape index (κ3) is 5.06. The quantitative estimate of drug-likeness (QED) is 0.273. The summed E-state index contributed by atoms with van der Waals surface area (Å²) >= 11 is 13.8. The maximum atomic E-state index is 14.1. The summed E-state index contributed by atoms with van der Waals surface area (Å²) in [5.41, 5.74) is 2.15. The van der Waals surface area contributed by atoms with Crippen molar-refractivity contribution in [3.05, 3.63) is 119 Å². The van der Waals surface area contributed by atoms with Gasteiger partial charge in [-0.05, 0) is 36.8 Å². The summed E-state index contributed by atoms with van der Waals surface area (Å²) < 4.78 is 18.5. The van der Waals surface area contributed by atoms with E-state index < -0.39 is 12.0 Å². The first-order valence-corrected chi connectivity index (χ1v) is 13.9. The van der Waals surface area contributed by atoms with Crippen molar-refractivity contribution in [1.82, 2.24) is 4.57 Å². The van der Waals surface area contributed by atoms with Gasteiger partial charge in [-0.25, -0.2) is 9.79 Å². The second kappa shape index (κ2) is 11.7. The molecule has 0 saturated heterocycles. The number of ether oxygens (including phenoxy) is 3. The molecule has 5 rings (SSSR count). The summed E-state index contributed by atoms with van der Waals surface area (Å²) in [6.07, 6.45) is 1.68. The van der Waals surface area contributed by atoms with Gasteiger partial charge in [0.05, 0.1) is 46.7 Å². The molecule has 7 nitrogen and oxygen atoms in total. The highest BCUT2D eigenvalue weighted by atomic mass is 35.5. The maximum Gasteiger partial charge on any atom is 0.338 e. The number of carbonyl (C=O) groups excluding carboxylic acids is 1. The Morgan fingerprint density at radius 2 is 1.82 bits per heavy atom. The molecular formula is C30H24Cl2N2O5S. The van der Waals surface area contributed by atoms with Crippen molar-refractivity contribution >= 4 is 52.3 Å². The average Bonchev–Trinajstić information content (AvgIpc) is 3.29. The number of carbonyl (C=O) groups is 1. The number of thiazole rings is 1. The van der Waals surface area contributed by atoms with Crippen LogP contribution in [0.25, 0.3) is 11.8 Å². The molecule has 1 atom stereocenters. The van der Waals surface area contributed by atoms with Gasteiger partial charge in [0.2, 0.25) is 0 Å². The lowest BCUT2D eigenvalue weighted by Gasteiger charge is -2.27. The number of hydrogen-bond donors (Lipinski definition) is 0. The maximum absolute atomic E-state index is 14.1. The molecule has 0 fully saturated rings. The van der Waals surface area contributed by atoms with Crippen molar-refractivity contribution in [1.29, 1.82) is 0 Å². The van der Waals surface area contributed by atoms with Gasteiger partial charge in [-0.1, -0.05) is 77.0 Å². The van der Waals surface area contributed by atoms with Crippen molar-refractivity contribution in [3.63, 3.8) is 0 Å². The van der Waals surface area contributed by atoms with Crippen molar-refractivity contribution < 1.29 is 19.0 Å². The third-order valence-corrected chi connectivity index (χ3v) is 8.19. The lowest BCUT2D eigenvalue weighted by molar-refractivity contribution is -0.138. The number of rotatable bonds is 7. The van der Waals surface area contributed by atoms with Gasteiger partial charge in [0.1, 0.15) is 17.5 Å². The minimum absolute atomic E-state index is 0.147. The second-order valence-electron chi connectivity index (χ2n) is 8.68. The Hall–Kier alpha value is -3.85. The van der Waals surface area contributed by atoms with Crippen LogP contribution in [-0.4, -0.2) is 31.4 Å². The monoisotopic (exact) mass is 594 g/mol. The van der Waals surface area contributed by atoms with Gasteiger partial charge in [-0.3, -0.25) is 9.36 Å². The van der Waals surface area contributed by atoms with Gasteiger partial charge in [0, 0.05) is 17.2 Å². The largest absolute Gasteiger partial charge is 0.497 e. The molecule has 1 aromatic heterocycles. The standard InChI is InChI=1S/C30H24Cl2N2O5S/c1-4-39-29(36)24-26(17-9-6-5-7-10-17)33-30-34(27(24)20-14-13-19(37-2)16-22(20)38-3)28(35)23(40-30)15-18-11-8-12-21(31)25(18)32/h5-16,27H,4H2,1-3H3/b23-15-/t27-/m1/s1. The summed E-state index contributed by atoms with van der Waals surface area (Å²) in [5, 5.41) is 0.709. The first-order valence-electron chi connectivity index (χ1n) is 12.3. The average molecular weight is 596 g/mol.